The van der Waals surface area contributed by atoms with E-state index in [4.69, 9.17) is 0 Å². The van der Waals surface area contributed by atoms with Gasteiger partial charge < -0.3 is 5.32 Å². The van der Waals surface area contributed by atoms with Crippen molar-refractivity contribution >= 4 is 5.82 Å². The van der Waals surface area contributed by atoms with E-state index >= 15 is 0 Å². The lowest BCUT2D eigenvalue weighted by molar-refractivity contribution is 0.742. The van der Waals surface area contributed by atoms with Crippen LogP contribution >= 0.6 is 0 Å². The first-order chi connectivity index (χ1) is 7.74. The van der Waals surface area contributed by atoms with Crippen LogP contribution in [0, 0.1) is 6.92 Å². The van der Waals surface area contributed by atoms with Gasteiger partial charge in [0.05, 0.1) is 5.69 Å². The zero-order chi connectivity index (χ0) is 11.4. The topological polar surface area (TPSA) is 55.6 Å². The molecule has 0 aliphatic rings. The lowest BCUT2D eigenvalue weighted by atomic mass is 10.3. The minimum absolute atomic E-state index is 0.827. The minimum Gasteiger partial charge on any atom is -0.370 e. The monoisotopic (exact) mass is 217 g/mol. The van der Waals surface area contributed by atoms with E-state index in [1.807, 2.05) is 37.0 Å². The van der Waals surface area contributed by atoms with E-state index in [2.05, 4.69) is 20.4 Å². The van der Waals surface area contributed by atoms with E-state index in [0.717, 1.165) is 30.2 Å². The Hall–Kier alpha value is -1.91. The molecular formula is C11H15N5. The van der Waals surface area contributed by atoms with Gasteiger partial charge in [-0.1, -0.05) is 0 Å². The van der Waals surface area contributed by atoms with Crippen LogP contribution in [0.25, 0.3) is 0 Å². The molecule has 0 aliphatic carbocycles. The van der Waals surface area contributed by atoms with Crippen LogP contribution < -0.4 is 5.32 Å². The molecule has 5 heteroatoms. The molecule has 0 radical (unpaired) electrons. The first-order valence-electron chi connectivity index (χ1n) is 5.25. The Morgan fingerprint density at radius 3 is 2.94 bits per heavy atom. The van der Waals surface area contributed by atoms with Crippen LogP contribution in [0.4, 0.5) is 5.82 Å². The molecule has 0 unspecified atom stereocenters. The molecule has 5 nitrogen and oxygen atoms in total. The SMILES string of the molecule is Cc1cc(NCCc2ccn(C)n2)ncn1. The maximum absolute atomic E-state index is 4.30. The van der Waals surface area contributed by atoms with Crippen molar-refractivity contribution in [3.63, 3.8) is 0 Å². The van der Waals surface area contributed by atoms with Gasteiger partial charge in [-0.05, 0) is 13.0 Å². The summed E-state index contributed by atoms with van der Waals surface area (Å²) in [5.41, 5.74) is 2.05. The number of hydrogen-bond donors (Lipinski definition) is 1. The number of aryl methyl sites for hydroxylation is 2. The van der Waals surface area contributed by atoms with E-state index in [-0.39, 0.29) is 0 Å². The summed E-state index contributed by atoms with van der Waals surface area (Å²) >= 11 is 0. The van der Waals surface area contributed by atoms with Crippen LogP contribution in [0.3, 0.4) is 0 Å². The molecule has 2 aromatic rings. The summed E-state index contributed by atoms with van der Waals surface area (Å²) in [6.45, 7) is 2.78. The third-order valence-corrected chi connectivity index (χ3v) is 2.26. The second kappa shape index (κ2) is 4.74. The van der Waals surface area contributed by atoms with Crippen LogP contribution in [-0.4, -0.2) is 26.3 Å². The number of anilines is 1. The van der Waals surface area contributed by atoms with Crippen LogP contribution in [0.1, 0.15) is 11.4 Å². The fraction of sp³-hybridized carbons (Fsp3) is 0.364. The Morgan fingerprint density at radius 1 is 1.38 bits per heavy atom. The summed E-state index contributed by atoms with van der Waals surface area (Å²) in [4.78, 5) is 8.17. The summed E-state index contributed by atoms with van der Waals surface area (Å²) < 4.78 is 1.81. The van der Waals surface area contributed by atoms with Crippen molar-refractivity contribution in [3.8, 4) is 0 Å². The quantitative estimate of drug-likeness (QED) is 0.835. The molecule has 0 aromatic carbocycles. The largest absolute Gasteiger partial charge is 0.370 e. The van der Waals surface area contributed by atoms with E-state index < -0.39 is 0 Å². The Labute approximate surface area is 94.5 Å². The fourth-order valence-corrected chi connectivity index (χ4v) is 1.47. The summed E-state index contributed by atoms with van der Waals surface area (Å²) in [6.07, 6.45) is 4.41. The van der Waals surface area contributed by atoms with E-state index in [1.54, 1.807) is 6.33 Å². The first-order valence-corrected chi connectivity index (χ1v) is 5.25. The highest BCUT2D eigenvalue weighted by Crippen LogP contribution is 2.03. The average Bonchev–Trinajstić information content (AvgIpc) is 2.64. The second-order valence-corrected chi connectivity index (χ2v) is 3.70. The molecule has 0 fully saturated rings. The van der Waals surface area contributed by atoms with Crippen molar-refractivity contribution in [3.05, 3.63) is 36.0 Å². The average molecular weight is 217 g/mol. The summed E-state index contributed by atoms with van der Waals surface area (Å²) in [5.74, 6) is 0.864. The van der Waals surface area contributed by atoms with Crippen molar-refractivity contribution < 1.29 is 0 Å². The number of hydrogen-bond acceptors (Lipinski definition) is 4. The zero-order valence-electron chi connectivity index (χ0n) is 9.51. The van der Waals surface area contributed by atoms with Crippen LogP contribution in [-0.2, 0) is 13.5 Å². The van der Waals surface area contributed by atoms with Crippen molar-refractivity contribution in [1.29, 1.82) is 0 Å². The van der Waals surface area contributed by atoms with Crippen molar-refractivity contribution in [1.82, 2.24) is 19.7 Å². The van der Waals surface area contributed by atoms with Gasteiger partial charge >= 0.3 is 0 Å². The fourth-order valence-electron chi connectivity index (χ4n) is 1.47. The first kappa shape index (κ1) is 10.6. The molecule has 84 valence electrons. The van der Waals surface area contributed by atoms with Gasteiger partial charge in [0.1, 0.15) is 12.1 Å². The predicted molar refractivity (Wildman–Crippen MR) is 62.2 cm³/mol. The molecule has 0 spiro atoms. The lowest BCUT2D eigenvalue weighted by Crippen LogP contribution is -2.07. The van der Waals surface area contributed by atoms with Crippen molar-refractivity contribution in [2.75, 3.05) is 11.9 Å². The molecule has 0 saturated carbocycles. The smallest absolute Gasteiger partial charge is 0.129 e. The minimum atomic E-state index is 0.827. The lowest BCUT2D eigenvalue weighted by Gasteiger charge is -2.03. The Bertz CT molecular complexity index is 463. The predicted octanol–water partition coefficient (Wildman–Crippen LogP) is 1.17. The Morgan fingerprint density at radius 2 is 2.25 bits per heavy atom. The van der Waals surface area contributed by atoms with Gasteiger partial charge in [0, 0.05) is 38.0 Å². The maximum Gasteiger partial charge on any atom is 0.129 e. The molecule has 1 N–H and O–H groups in total. The Balaban J connectivity index is 1.84. The van der Waals surface area contributed by atoms with Gasteiger partial charge in [-0.3, -0.25) is 4.68 Å². The highest BCUT2D eigenvalue weighted by atomic mass is 15.2. The molecule has 2 rings (SSSR count). The molecule has 2 aromatic heterocycles. The highest BCUT2D eigenvalue weighted by molar-refractivity contribution is 5.34. The van der Waals surface area contributed by atoms with Crippen LogP contribution in [0.5, 0.6) is 0 Å². The third kappa shape index (κ3) is 2.79. The summed E-state index contributed by atoms with van der Waals surface area (Å²) in [7, 11) is 1.92. The van der Waals surface area contributed by atoms with Gasteiger partial charge in [-0.2, -0.15) is 5.10 Å². The molecule has 0 saturated heterocycles. The molecule has 0 amide bonds. The summed E-state index contributed by atoms with van der Waals surface area (Å²) in [5, 5.41) is 7.55. The van der Waals surface area contributed by atoms with Crippen molar-refractivity contribution in [2.24, 2.45) is 7.05 Å². The number of rotatable bonds is 4. The zero-order valence-corrected chi connectivity index (χ0v) is 9.51. The van der Waals surface area contributed by atoms with E-state index in [1.165, 1.54) is 0 Å². The van der Waals surface area contributed by atoms with E-state index in [0.29, 0.717) is 0 Å². The molecule has 2 heterocycles. The number of nitrogens with zero attached hydrogens (tertiary/aromatic N) is 4. The molecule has 0 aliphatic heterocycles. The van der Waals surface area contributed by atoms with Gasteiger partial charge in [0.15, 0.2) is 0 Å². The molecule has 0 atom stereocenters. The summed E-state index contributed by atoms with van der Waals surface area (Å²) in [6, 6.07) is 3.95. The van der Waals surface area contributed by atoms with Gasteiger partial charge in [0.2, 0.25) is 0 Å². The van der Waals surface area contributed by atoms with Crippen molar-refractivity contribution in [2.45, 2.75) is 13.3 Å². The van der Waals surface area contributed by atoms with E-state index in [9.17, 15) is 0 Å². The standard InChI is InChI=1S/C11H15N5/c1-9-7-11(14-8-13-9)12-5-3-10-4-6-16(2)15-10/h4,6-8H,3,5H2,1-2H3,(H,12,13,14). The van der Waals surface area contributed by atoms with Gasteiger partial charge in [0.25, 0.3) is 0 Å². The third-order valence-electron chi connectivity index (χ3n) is 2.26. The van der Waals surface area contributed by atoms with Gasteiger partial charge in [-0.15, -0.1) is 0 Å². The normalized spacial score (nSPS) is 10.4. The highest BCUT2D eigenvalue weighted by Gasteiger charge is 1.98. The maximum atomic E-state index is 4.30. The molecule has 16 heavy (non-hydrogen) atoms. The van der Waals surface area contributed by atoms with Gasteiger partial charge in [-0.25, -0.2) is 9.97 Å². The number of aromatic nitrogens is 4. The number of nitrogens with one attached hydrogen (secondary N) is 1. The molecular weight excluding hydrogens is 202 g/mol. The van der Waals surface area contributed by atoms with Crippen LogP contribution in [0.2, 0.25) is 0 Å². The second-order valence-electron chi connectivity index (χ2n) is 3.70. The van der Waals surface area contributed by atoms with Crippen LogP contribution in [0.15, 0.2) is 24.7 Å². The Kier molecular flexibility index (Phi) is 3.14. The molecule has 0 bridgehead atoms.